The molecule has 0 heterocycles. The summed E-state index contributed by atoms with van der Waals surface area (Å²) in [7, 11) is 3.53. The van der Waals surface area contributed by atoms with Crippen molar-refractivity contribution in [3.05, 3.63) is 0 Å². The molecule has 0 spiro atoms. The first-order chi connectivity index (χ1) is 9.05. The average molecular weight is 274 g/mol. The molecule has 0 aromatic heterocycles. The molecule has 19 heavy (non-hydrogen) atoms. The molecule has 116 valence electrons. The van der Waals surface area contributed by atoms with Crippen molar-refractivity contribution < 1.29 is 9.47 Å². The molecule has 0 fully saturated rings. The fraction of sp³-hybridized carbons (Fsp3) is 1.00. The van der Waals surface area contributed by atoms with E-state index in [1.807, 2.05) is 0 Å². The molecular formula is C15H34N2O2. The first-order valence-electron chi connectivity index (χ1n) is 7.46. The number of rotatable bonds is 13. The number of ether oxygens (including phenoxy) is 2. The van der Waals surface area contributed by atoms with E-state index in [-0.39, 0.29) is 5.41 Å². The minimum Gasteiger partial charge on any atom is -0.385 e. The van der Waals surface area contributed by atoms with Gasteiger partial charge in [0, 0.05) is 47.0 Å². The Balaban J connectivity index is 4.09. The van der Waals surface area contributed by atoms with Crippen LogP contribution in [0.1, 0.15) is 33.6 Å². The van der Waals surface area contributed by atoms with Crippen molar-refractivity contribution in [1.29, 1.82) is 0 Å². The van der Waals surface area contributed by atoms with Gasteiger partial charge in [-0.25, -0.2) is 0 Å². The van der Waals surface area contributed by atoms with E-state index >= 15 is 0 Å². The van der Waals surface area contributed by atoms with Gasteiger partial charge in [0.2, 0.25) is 0 Å². The summed E-state index contributed by atoms with van der Waals surface area (Å²) in [4.78, 5) is 2.48. The number of nitrogens with zero attached hydrogens (tertiary/aromatic N) is 1. The molecule has 0 aliphatic rings. The maximum Gasteiger partial charge on any atom is 0.0589 e. The zero-order chi connectivity index (χ0) is 14.6. The van der Waals surface area contributed by atoms with Gasteiger partial charge in [-0.05, 0) is 24.8 Å². The minimum absolute atomic E-state index is 0.288. The number of nitrogens with one attached hydrogen (secondary N) is 1. The SMILES string of the molecule is CCCNCC(C)(C)CN(CCCOC)CCOC. The second-order valence-corrected chi connectivity index (χ2v) is 5.96. The van der Waals surface area contributed by atoms with E-state index in [4.69, 9.17) is 9.47 Å². The Kier molecular flexibility index (Phi) is 11.6. The van der Waals surface area contributed by atoms with Crippen LogP contribution in [0.5, 0.6) is 0 Å². The predicted octanol–water partition coefficient (Wildman–Crippen LogP) is 2.00. The standard InChI is InChI=1S/C15H34N2O2/c1-6-8-16-13-15(2,3)14-17(10-12-19-5)9-7-11-18-4/h16H,6-14H2,1-5H3. The van der Waals surface area contributed by atoms with Crippen LogP contribution in [0, 0.1) is 5.41 Å². The van der Waals surface area contributed by atoms with Gasteiger partial charge in [-0.3, -0.25) is 0 Å². The van der Waals surface area contributed by atoms with Crippen molar-refractivity contribution in [2.45, 2.75) is 33.6 Å². The minimum atomic E-state index is 0.288. The number of methoxy groups -OCH3 is 2. The lowest BCUT2D eigenvalue weighted by atomic mass is 9.92. The first kappa shape index (κ1) is 18.8. The topological polar surface area (TPSA) is 33.7 Å². The molecule has 1 N–H and O–H groups in total. The second kappa shape index (κ2) is 11.6. The summed E-state index contributed by atoms with van der Waals surface area (Å²) in [6.45, 7) is 13.8. The van der Waals surface area contributed by atoms with Crippen molar-refractivity contribution in [1.82, 2.24) is 10.2 Å². The van der Waals surface area contributed by atoms with Crippen LogP contribution in [0.25, 0.3) is 0 Å². The van der Waals surface area contributed by atoms with Crippen molar-refractivity contribution in [3.8, 4) is 0 Å². The highest BCUT2D eigenvalue weighted by Crippen LogP contribution is 2.16. The molecule has 0 unspecified atom stereocenters. The normalized spacial score (nSPS) is 12.3. The summed E-state index contributed by atoms with van der Waals surface area (Å²) in [6, 6.07) is 0. The molecule has 0 saturated heterocycles. The Labute approximate surface area is 119 Å². The van der Waals surface area contributed by atoms with Crippen LogP contribution in [-0.2, 0) is 9.47 Å². The Morgan fingerprint density at radius 2 is 1.74 bits per heavy atom. The fourth-order valence-corrected chi connectivity index (χ4v) is 2.19. The zero-order valence-corrected chi connectivity index (χ0v) is 13.6. The summed E-state index contributed by atoms with van der Waals surface area (Å²) in [5.41, 5.74) is 0.288. The van der Waals surface area contributed by atoms with Crippen LogP contribution in [0.15, 0.2) is 0 Å². The summed E-state index contributed by atoms with van der Waals surface area (Å²) in [6.07, 6.45) is 2.27. The predicted molar refractivity (Wildman–Crippen MR) is 81.8 cm³/mol. The molecule has 4 nitrogen and oxygen atoms in total. The van der Waals surface area contributed by atoms with Gasteiger partial charge in [0.05, 0.1) is 6.61 Å². The molecule has 0 amide bonds. The van der Waals surface area contributed by atoms with Crippen LogP contribution in [-0.4, -0.2) is 65.1 Å². The number of hydrogen-bond acceptors (Lipinski definition) is 4. The van der Waals surface area contributed by atoms with Gasteiger partial charge in [0.25, 0.3) is 0 Å². The van der Waals surface area contributed by atoms with Crippen LogP contribution in [0.2, 0.25) is 0 Å². The molecule has 0 saturated carbocycles. The van der Waals surface area contributed by atoms with Gasteiger partial charge in [-0.15, -0.1) is 0 Å². The quantitative estimate of drug-likeness (QED) is 0.521. The van der Waals surface area contributed by atoms with E-state index in [2.05, 4.69) is 31.0 Å². The van der Waals surface area contributed by atoms with Crippen molar-refractivity contribution in [2.75, 3.05) is 60.2 Å². The third-order valence-electron chi connectivity index (χ3n) is 3.12. The summed E-state index contributed by atoms with van der Waals surface area (Å²) in [5, 5.41) is 3.52. The van der Waals surface area contributed by atoms with Crippen molar-refractivity contribution >= 4 is 0 Å². The number of hydrogen-bond donors (Lipinski definition) is 1. The lowest BCUT2D eigenvalue weighted by Crippen LogP contribution is -2.42. The molecule has 4 heteroatoms. The molecule has 0 aliphatic heterocycles. The van der Waals surface area contributed by atoms with Gasteiger partial charge in [-0.2, -0.15) is 0 Å². The zero-order valence-electron chi connectivity index (χ0n) is 13.6. The lowest BCUT2D eigenvalue weighted by Gasteiger charge is -2.33. The van der Waals surface area contributed by atoms with Gasteiger partial charge in [-0.1, -0.05) is 20.8 Å². The van der Waals surface area contributed by atoms with Crippen LogP contribution < -0.4 is 5.32 Å². The Morgan fingerprint density at radius 3 is 2.32 bits per heavy atom. The molecule has 0 aliphatic carbocycles. The molecule has 0 bridgehead atoms. The third kappa shape index (κ3) is 11.4. The summed E-state index contributed by atoms with van der Waals surface area (Å²) in [5.74, 6) is 0. The van der Waals surface area contributed by atoms with E-state index in [0.29, 0.717) is 0 Å². The summed E-state index contributed by atoms with van der Waals surface area (Å²) >= 11 is 0. The van der Waals surface area contributed by atoms with Gasteiger partial charge in [0.15, 0.2) is 0 Å². The largest absolute Gasteiger partial charge is 0.385 e. The Hall–Kier alpha value is -0.160. The lowest BCUT2D eigenvalue weighted by molar-refractivity contribution is 0.105. The van der Waals surface area contributed by atoms with Crippen LogP contribution in [0.3, 0.4) is 0 Å². The summed E-state index contributed by atoms with van der Waals surface area (Å²) < 4.78 is 10.3. The highest BCUT2D eigenvalue weighted by atomic mass is 16.5. The van der Waals surface area contributed by atoms with Gasteiger partial charge < -0.3 is 19.7 Å². The maximum absolute atomic E-state index is 5.20. The average Bonchev–Trinajstić information content (AvgIpc) is 2.36. The van der Waals surface area contributed by atoms with Crippen LogP contribution >= 0.6 is 0 Å². The molecule has 0 atom stereocenters. The van der Waals surface area contributed by atoms with E-state index in [9.17, 15) is 0 Å². The molecule has 0 aromatic carbocycles. The smallest absolute Gasteiger partial charge is 0.0589 e. The van der Waals surface area contributed by atoms with Crippen molar-refractivity contribution in [2.24, 2.45) is 5.41 Å². The van der Waals surface area contributed by atoms with E-state index in [1.54, 1.807) is 14.2 Å². The first-order valence-corrected chi connectivity index (χ1v) is 7.46. The maximum atomic E-state index is 5.20. The highest BCUT2D eigenvalue weighted by Gasteiger charge is 2.21. The highest BCUT2D eigenvalue weighted by molar-refractivity contribution is 4.76. The van der Waals surface area contributed by atoms with E-state index in [1.165, 1.54) is 6.42 Å². The molecule has 0 radical (unpaired) electrons. The third-order valence-corrected chi connectivity index (χ3v) is 3.12. The Morgan fingerprint density at radius 1 is 1.05 bits per heavy atom. The van der Waals surface area contributed by atoms with Gasteiger partial charge in [0.1, 0.15) is 0 Å². The van der Waals surface area contributed by atoms with Gasteiger partial charge >= 0.3 is 0 Å². The van der Waals surface area contributed by atoms with E-state index in [0.717, 1.165) is 52.4 Å². The van der Waals surface area contributed by atoms with Crippen LogP contribution in [0.4, 0.5) is 0 Å². The molecule has 0 rings (SSSR count). The molecule has 0 aromatic rings. The fourth-order valence-electron chi connectivity index (χ4n) is 2.19. The second-order valence-electron chi connectivity index (χ2n) is 5.96. The molecular weight excluding hydrogens is 240 g/mol. The van der Waals surface area contributed by atoms with E-state index < -0.39 is 0 Å². The monoisotopic (exact) mass is 274 g/mol. The van der Waals surface area contributed by atoms with Crippen molar-refractivity contribution in [3.63, 3.8) is 0 Å². The Bertz CT molecular complexity index is 199.